The first-order chi connectivity index (χ1) is 17.9. The smallest absolute Gasteiger partial charge is 0.247 e. The van der Waals surface area contributed by atoms with E-state index in [0.29, 0.717) is 52.1 Å². The van der Waals surface area contributed by atoms with Crippen LogP contribution >= 0.6 is 0 Å². The summed E-state index contributed by atoms with van der Waals surface area (Å²) in [5, 5.41) is 1.61. The van der Waals surface area contributed by atoms with Gasteiger partial charge in [0.2, 0.25) is 17.7 Å². The third-order valence-corrected chi connectivity index (χ3v) is 7.76. The zero-order valence-corrected chi connectivity index (χ0v) is 21.5. The van der Waals surface area contributed by atoms with Crippen molar-refractivity contribution in [1.29, 1.82) is 0 Å². The fraction of sp³-hybridized carbons (Fsp3) is 0.464. The number of para-hydroxylation sites is 1. The maximum Gasteiger partial charge on any atom is 0.247 e. The molecule has 0 spiro atoms. The Bertz CT molecular complexity index is 1120. The standard InChI is InChI=1S/C28H35N5O4/c1-30-18-23(26-24(19-30)28(36)33(29-26)21-6-4-3-5-7-21)27(35)32-16-14-31(15-17-32)25(34)13-10-20-8-11-22(37-2)12-9-20/h3-9,11-12,23-24,26,29H,10,13-19H2,1-2H3. The molecule has 0 aliphatic carbocycles. The third kappa shape index (κ3) is 5.33. The van der Waals surface area contributed by atoms with Gasteiger partial charge in [-0.3, -0.25) is 14.4 Å². The molecule has 0 radical (unpaired) electrons. The molecule has 0 saturated carbocycles. The topological polar surface area (TPSA) is 85.4 Å². The van der Waals surface area contributed by atoms with E-state index in [1.807, 2.05) is 71.4 Å². The quantitative estimate of drug-likeness (QED) is 0.639. The lowest BCUT2D eigenvalue weighted by molar-refractivity contribution is -0.144. The third-order valence-electron chi connectivity index (χ3n) is 7.76. The number of methoxy groups -OCH3 is 1. The van der Waals surface area contributed by atoms with Crippen molar-refractivity contribution in [2.75, 3.05) is 58.4 Å². The molecule has 0 aromatic heterocycles. The van der Waals surface area contributed by atoms with Crippen LogP contribution in [0.1, 0.15) is 12.0 Å². The molecule has 9 heteroatoms. The summed E-state index contributed by atoms with van der Waals surface area (Å²) in [7, 11) is 3.60. The van der Waals surface area contributed by atoms with Crippen molar-refractivity contribution in [2.45, 2.75) is 18.9 Å². The molecule has 1 N–H and O–H groups in total. The van der Waals surface area contributed by atoms with Crippen LogP contribution in [0, 0.1) is 11.8 Å². The number of likely N-dealkylation sites (tertiary alicyclic amines) is 1. The molecule has 3 unspecified atom stereocenters. The molecule has 5 rings (SSSR count). The van der Waals surface area contributed by atoms with Crippen LogP contribution in [0.3, 0.4) is 0 Å². The monoisotopic (exact) mass is 505 g/mol. The number of piperidine rings is 1. The van der Waals surface area contributed by atoms with Crippen molar-refractivity contribution in [1.82, 2.24) is 20.1 Å². The molecular weight excluding hydrogens is 470 g/mol. The minimum Gasteiger partial charge on any atom is -0.497 e. The summed E-state index contributed by atoms with van der Waals surface area (Å²) in [5.74, 6) is 0.389. The van der Waals surface area contributed by atoms with Crippen molar-refractivity contribution >= 4 is 23.4 Å². The highest BCUT2D eigenvalue weighted by molar-refractivity contribution is 5.98. The first kappa shape index (κ1) is 25.2. The molecule has 196 valence electrons. The molecule has 2 aromatic rings. The molecule has 3 fully saturated rings. The number of benzene rings is 2. The fourth-order valence-electron chi connectivity index (χ4n) is 5.67. The summed E-state index contributed by atoms with van der Waals surface area (Å²) >= 11 is 0. The molecule has 3 aliphatic heterocycles. The molecule has 37 heavy (non-hydrogen) atoms. The Morgan fingerprint density at radius 2 is 1.62 bits per heavy atom. The first-order valence-electron chi connectivity index (χ1n) is 13.0. The molecule has 3 amide bonds. The summed E-state index contributed by atoms with van der Waals surface area (Å²) in [4.78, 5) is 45.5. The summed E-state index contributed by atoms with van der Waals surface area (Å²) in [5.41, 5.74) is 5.24. The molecular formula is C28H35N5O4. The summed E-state index contributed by atoms with van der Waals surface area (Å²) in [6.45, 7) is 3.32. The molecule has 3 atom stereocenters. The van der Waals surface area contributed by atoms with Gasteiger partial charge in [0, 0.05) is 45.7 Å². The number of hydrazine groups is 1. The van der Waals surface area contributed by atoms with E-state index in [1.54, 1.807) is 12.1 Å². The van der Waals surface area contributed by atoms with Crippen LogP contribution in [0.25, 0.3) is 0 Å². The average molecular weight is 506 g/mol. The van der Waals surface area contributed by atoms with Gasteiger partial charge in [-0.25, -0.2) is 10.4 Å². The van der Waals surface area contributed by atoms with Gasteiger partial charge in [-0.1, -0.05) is 30.3 Å². The molecule has 3 aliphatic rings. The number of piperazine rings is 1. The van der Waals surface area contributed by atoms with Gasteiger partial charge in [-0.15, -0.1) is 0 Å². The van der Waals surface area contributed by atoms with Crippen LogP contribution in [-0.4, -0.2) is 91.9 Å². The Hall–Kier alpha value is -3.43. The van der Waals surface area contributed by atoms with Gasteiger partial charge < -0.3 is 19.4 Å². The number of carbonyl (C=O) groups excluding carboxylic acids is 3. The van der Waals surface area contributed by atoms with Crippen molar-refractivity contribution in [2.24, 2.45) is 11.8 Å². The van der Waals surface area contributed by atoms with Gasteiger partial charge in [0.15, 0.2) is 0 Å². The molecule has 2 aromatic carbocycles. The minimum absolute atomic E-state index is 0.00725. The highest BCUT2D eigenvalue weighted by Gasteiger charge is 2.51. The Labute approximate surface area is 217 Å². The Morgan fingerprint density at radius 1 is 0.946 bits per heavy atom. The number of aryl methyl sites for hydroxylation is 1. The minimum atomic E-state index is -0.321. The van der Waals surface area contributed by atoms with Gasteiger partial charge in [0.25, 0.3) is 0 Å². The molecule has 3 saturated heterocycles. The number of fused-ring (bicyclic) bond motifs is 1. The van der Waals surface area contributed by atoms with E-state index in [0.717, 1.165) is 17.0 Å². The van der Waals surface area contributed by atoms with Gasteiger partial charge in [0.05, 0.1) is 30.7 Å². The Balaban J connectivity index is 1.17. The van der Waals surface area contributed by atoms with E-state index in [9.17, 15) is 14.4 Å². The van der Waals surface area contributed by atoms with Gasteiger partial charge in [-0.2, -0.15) is 0 Å². The van der Waals surface area contributed by atoms with E-state index in [4.69, 9.17) is 4.74 Å². The van der Waals surface area contributed by atoms with Crippen LogP contribution in [0.4, 0.5) is 5.69 Å². The van der Waals surface area contributed by atoms with Crippen molar-refractivity contribution in [3.63, 3.8) is 0 Å². The number of rotatable bonds is 6. The summed E-state index contributed by atoms with van der Waals surface area (Å²) < 4.78 is 5.19. The van der Waals surface area contributed by atoms with Crippen LogP contribution in [0.5, 0.6) is 5.75 Å². The van der Waals surface area contributed by atoms with Crippen LogP contribution < -0.4 is 15.2 Å². The van der Waals surface area contributed by atoms with Gasteiger partial charge in [0.1, 0.15) is 5.75 Å². The van der Waals surface area contributed by atoms with Crippen LogP contribution in [-0.2, 0) is 20.8 Å². The highest BCUT2D eigenvalue weighted by Crippen LogP contribution is 2.32. The number of anilines is 1. The van der Waals surface area contributed by atoms with E-state index in [2.05, 4.69) is 10.3 Å². The summed E-state index contributed by atoms with van der Waals surface area (Å²) in [6, 6.07) is 17.1. The molecule has 3 heterocycles. The second-order valence-corrected chi connectivity index (χ2v) is 10.2. The zero-order valence-electron chi connectivity index (χ0n) is 21.5. The van der Waals surface area contributed by atoms with Crippen molar-refractivity contribution in [3.8, 4) is 5.75 Å². The van der Waals surface area contributed by atoms with E-state index >= 15 is 0 Å². The first-order valence-corrected chi connectivity index (χ1v) is 13.0. The molecule has 0 bridgehead atoms. The molecule has 9 nitrogen and oxygen atoms in total. The highest BCUT2D eigenvalue weighted by atomic mass is 16.5. The average Bonchev–Trinajstić information content (AvgIpc) is 3.27. The fourth-order valence-corrected chi connectivity index (χ4v) is 5.67. The van der Waals surface area contributed by atoms with Crippen molar-refractivity contribution < 1.29 is 19.1 Å². The zero-order chi connectivity index (χ0) is 25.9. The maximum absolute atomic E-state index is 13.6. The number of amides is 3. The largest absolute Gasteiger partial charge is 0.497 e. The number of ether oxygens (including phenoxy) is 1. The lowest BCUT2D eigenvalue weighted by atomic mass is 9.84. The maximum atomic E-state index is 13.6. The summed E-state index contributed by atoms with van der Waals surface area (Å²) in [6.07, 6.45) is 1.12. The number of carbonyl (C=O) groups is 3. The van der Waals surface area contributed by atoms with Crippen molar-refractivity contribution in [3.05, 3.63) is 60.2 Å². The lowest BCUT2D eigenvalue weighted by Crippen LogP contribution is -2.59. The second kappa shape index (κ2) is 10.9. The predicted molar refractivity (Wildman–Crippen MR) is 140 cm³/mol. The Morgan fingerprint density at radius 3 is 2.30 bits per heavy atom. The van der Waals surface area contributed by atoms with Gasteiger partial charge in [-0.05, 0) is 43.3 Å². The van der Waals surface area contributed by atoms with E-state index in [-0.39, 0.29) is 35.6 Å². The van der Waals surface area contributed by atoms with Crippen LogP contribution in [0.2, 0.25) is 0 Å². The van der Waals surface area contributed by atoms with E-state index in [1.165, 1.54) is 0 Å². The number of nitrogens with zero attached hydrogens (tertiary/aromatic N) is 4. The lowest BCUT2D eigenvalue weighted by Gasteiger charge is -2.41. The normalized spacial score (nSPS) is 24.2. The number of nitrogens with one attached hydrogen (secondary N) is 1. The Kier molecular flexibility index (Phi) is 7.43. The van der Waals surface area contributed by atoms with Crippen LogP contribution in [0.15, 0.2) is 54.6 Å². The SMILES string of the molecule is COc1ccc(CCC(=O)N2CCN(C(=O)C3CN(C)CC4C(=O)N(c5ccccc5)NC34)CC2)cc1. The van der Waals surface area contributed by atoms with E-state index < -0.39 is 0 Å². The second-order valence-electron chi connectivity index (χ2n) is 10.2. The predicted octanol–water partition coefficient (Wildman–Crippen LogP) is 1.40. The number of hydrogen-bond acceptors (Lipinski definition) is 6. The number of hydrogen-bond donors (Lipinski definition) is 1. The van der Waals surface area contributed by atoms with Gasteiger partial charge >= 0.3 is 0 Å².